The fourth-order valence-corrected chi connectivity index (χ4v) is 2.58. The van der Waals surface area contributed by atoms with Gasteiger partial charge in [-0.2, -0.15) is 0 Å². The molecular weight excluding hydrogens is 420 g/mol. The van der Waals surface area contributed by atoms with Gasteiger partial charge in [-0.25, -0.2) is 4.79 Å². The summed E-state index contributed by atoms with van der Waals surface area (Å²) >= 11 is 0. The molecule has 1 unspecified atom stereocenters. The predicted molar refractivity (Wildman–Crippen MR) is 115 cm³/mol. The Labute approximate surface area is 185 Å². The van der Waals surface area contributed by atoms with E-state index in [1.807, 2.05) is 0 Å². The Morgan fingerprint density at radius 2 is 1.72 bits per heavy atom. The number of urea groups is 1. The molecule has 1 rings (SSSR count). The minimum absolute atomic E-state index is 0.0299. The molecule has 7 N–H and O–H groups in total. The zero-order chi connectivity index (χ0) is 23.8. The number of rotatable bonds is 15. The lowest BCUT2D eigenvalue weighted by Crippen LogP contribution is -2.47. The summed E-state index contributed by atoms with van der Waals surface area (Å²) in [5.41, 5.74) is 6.34. The summed E-state index contributed by atoms with van der Waals surface area (Å²) in [4.78, 5) is 67.8. The second kappa shape index (κ2) is 14.9. The summed E-state index contributed by atoms with van der Waals surface area (Å²) in [6, 6.07) is 5.13. The van der Waals surface area contributed by atoms with Gasteiger partial charge < -0.3 is 37.1 Å². The summed E-state index contributed by atoms with van der Waals surface area (Å²) in [5, 5.41) is 12.5. The first kappa shape index (κ1) is 26.1. The van der Waals surface area contributed by atoms with Gasteiger partial charge in [0.2, 0.25) is 24.1 Å². The highest BCUT2D eigenvalue weighted by Gasteiger charge is 2.21. The van der Waals surface area contributed by atoms with Crippen molar-refractivity contribution >= 4 is 42.1 Å². The minimum atomic E-state index is -0.930. The molecule has 6 amide bonds. The lowest BCUT2D eigenvalue weighted by atomic mass is 10.1. The number of aldehydes is 1. The second-order valence-corrected chi connectivity index (χ2v) is 6.72. The van der Waals surface area contributed by atoms with Crippen LogP contribution in [0.15, 0.2) is 24.3 Å². The first-order valence-electron chi connectivity index (χ1n) is 9.95. The SMILES string of the molecule is NC(=O)NCCCC(NC(=O)CNC(=O)CCC=O)C(=O)Nc1ccc(CNC=O)cc1. The molecule has 0 aliphatic carbocycles. The van der Waals surface area contributed by atoms with E-state index in [2.05, 4.69) is 26.6 Å². The van der Waals surface area contributed by atoms with Gasteiger partial charge in [0.25, 0.3) is 0 Å². The molecule has 0 bridgehead atoms. The van der Waals surface area contributed by atoms with Gasteiger partial charge in [-0.05, 0) is 30.5 Å². The van der Waals surface area contributed by atoms with Crippen LogP contribution in [0.3, 0.4) is 0 Å². The van der Waals surface area contributed by atoms with E-state index < -0.39 is 29.8 Å². The van der Waals surface area contributed by atoms with Crippen LogP contribution in [0.25, 0.3) is 0 Å². The van der Waals surface area contributed by atoms with E-state index in [-0.39, 0.29) is 32.4 Å². The van der Waals surface area contributed by atoms with Crippen LogP contribution in [0, 0.1) is 0 Å². The quantitative estimate of drug-likeness (QED) is 0.146. The molecule has 0 aliphatic heterocycles. The summed E-state index contributed by atoms with van der Waals surface area (Å²) in [6.07, 6.45) is 1.78. The van der Waals surface area contributed by atoms with Gasteiger partial charge in [-0.15, -0.1) is 0 Å². The molecule has 12 heteroatoms. The van der Waals surface area contributed by atoms with Crippen LogP contribution in [-0.4, -0.2) is 55.6 Å². The highest BCUT2D eigenvalue weighted by Crippen LogP contribution is 2.11. The fraction of sp³-hybridized carbons (Fsp3) is 0.400. The third-order valence-corrected chi connectivity index (χ3v) is 4.17. The van der Waals surface area contributed by atoms with Crippen molar-refractivity contribution in [2.45, 2.75) is 38.3 Å². The van der Waals surface area contributed by atoms with Crippen molar-refractivity contribution < 1.29 is 28.8 Å². The first-order chi connectivity index (χ1) is 15.3. The standard InChI is InChI=1S/C20H28N6O6/c21-20(32)23-9-1-3-16(26-18(30)12-24-17(29)4-2-10-27)19(31)25-15-7-5-14(6-8-15)11-22-13-28/h5-8,10,13,16H,1-4,9,11-12H2,(H,22,28)(H,24,29)(H,25,31)(H,26,30)(H3,21,23,32). The molecule has 32 heavy (non-hydrogen) atoms. The van der Waals surface area contributed by atoms with E-state index in [1.54, 1.807) is 24.3 Å². The number of benzene rings is 1. The Morgan fingerprint density at radius 1 is 1.00 bits per heavy atom. The number of nitrogens with two attached hydrogens (primary N) is 1. The van der Waals surface area contributed by atoms with Crippen LogP contribution < -0.4 is 32.3 Å². The molecule has 1 atom stereocenters. The van der Waals surface area contributed by atoms with Gasteiger partial charge in [0.15, 0.2) is 0 Å². The van der Waals surface area contributed by atoms with Crippen molar-refractivity contribution in [2.24, 2.45) is 5.73 Å². The van der Waals surface area contributed by atoms with Gasteiger partial charge in [-0.1, -0.05) is 12.1 Å². The van der Waals surface area contributed by atoms with Crippen LogP contribution in [0.1, 0.15) is 31.2 Å². The van der Waals surface area contributed by atoms with Crippen LogP contribution >= 0.6 is 0 Å². The summed E-state index contributed by atoms with van der Waals surface area (Å²) in [6.45, 7) is 0.219. The van der Waals surface area contributed by atoms with Gasteiger partial charge in [0, 0.05) is 31.6 Å². The number of nitrogens with one attached hydrogen (secondary N) is 5. The maximum atomic E-state index is 12.7. The second-order valence-electron chi connectivity index (χ2n) is 6.72. The Morgan fingerprint density at radius 3 is 2.34 bits per heavy atom. The molecule has 0 aromatic heterocycles. The average molecular weight is 448 g/mol. The number of carbonyl (C=O) groups excluding carboxylic acids is 6. The van der Waals surface area contributed by atoms with Crippen LogP contribution in [0.2, 0.25) is 0 Å². The normalized spacial score (nSPS) is 10.9. The molecule has 0 spiro atoms. The van der Waals surface area contributed by atoms with Crippen molar-refractivity contribution in [1.82, 2.24) is 21.3 Å². The van der Waals surface area contributed by atoms with Gasteiger partial charge in [0.05, 0.1) is 6.54 Å². The number of anilines is 1. The third kappa shape index (κ3) is 11.3. The van der Waals surface area contributed by atoms with E-state index in [9.17, 15) is 28.8 Å². The lowest BCUT2D eigenvalue weighted by molar-refractivity contribution is -0.128. The van der Waals surface area contributed by atoms with Crippen LogP contribution in [-0.2, 0) is 30.5 Å². The summed E-state index contributed by atoms with van der Waals surface area (Å²) in [7, 11) is 0. The number of primary amides is 1. The fourth-order valence-electron chi connectivity index (χ4n) is 2.58. The molecule has 1 aromatic rings. The molecule has 0 aliphatic rings. The molecule has 0 heterocycles. The molecule has 0 fully saturated rings. The molecular formula is C20H28N6O6. The summed E-state index contributed by atoms with van der Waals surface area (Å²) < 4.78 is 0. The lowest BCUT2D eigenvalue weighted by Gasteiger charge is -2.19. The average Bonchev–Trinajstić information content (AvgIpc) is 2.77. The maximum Gasteiger partial charge on any atom is 0.312 e. The van der Waals surface area contributed by atoms with Gasteiger partial charge >= 0.3 is 6.03 Å². The summed E-state index contributed by atoms with van der Waals surface area (Å²) in [5.74, 6) is -1.52. The van der Waals surface area contributed by atoms with Crippen LogP contribution in [0.4, 0.5) is 10.5 Å². The van der Waals surface area contributed by atoms with E-state index in [4.69, 9.17) is 5.73 Å². The smallest absolute Gasteiger partial charge is 0.312 e. The van der Waals surface area contributed by atoms with E-state index in [1.165, 1.54) is 0 Å². The van der Waals surface area contributed by atoms with Crippen molar-refractivity contribution in [2.75, 3.05) is 18.4 Å². The number of amides is 6. The number of carbonyl (C=O) groups is 6. The molecule has 0 radical (unpaired) electrons. The van der Waals surface area contributed by atoms with Crippen molar-refractivity contribution in [3.05, 3.63) is 29.8 Å². The third-order valence-electron chi connectivity index (χ3n) is 4.17. The van der Waals surface area contributed by atoms with E-state index in [0.717, 1.165) is 5.56 Å². The number of hydrogen-bond donors (Lipinski definition) is 6. The maximum absolute atomic E-state index is 12.7. The molecule has 12 nitrogen and oxygen atoms in total. The Balaban J connectivity index is 2.67. The van der Waals surface area contributed by atoms with Crippen molar-refractivity contribution in [1.29, 1.82) is 0 Å². The number of hydrogen-bond acceptors (Lipinski definition) is 6. The van der Waals surface area contributed by atoms with E-state index >= 15 is 0 Å². The highest BCUT2D eigenvalue weighted by atomic mass is 16.2. The van der Waals surface area contributed by atoms with Crippen molar-refractivity contribution in [3.63, 3.8) is 0 Å². The predicted octanol–water partition coefficient (Wildman–Crippen LogP) is -1.10. The molecule has 0 saturated carbocycles. The van der Waals surface area contributed by atoms with Gasteiger partial charge in [-0.3, -0.25) is 19.2 Å². The van der Waals surface area contributed by atoms with Crippen molar-refractivity contribution in [3.8, 4) is 0 Å². The highest BCUT2D eigenvalue weighted by molar-refractivity contribution is 5.97. The molecule has 174 valence electrons. The van der Waals surface area contributed by atoms with E-state index in [0.29, 0.717) is 31.3 Å². The first-order valence-corrected chi connectivity index (χ1v) is 9.95. The molecule has 1 aromatic carbocycles. The minimum Gasteiger partial charge on any atom is -0.355 e. The van der Waals surface area contributed by atoms with Gasteiger partial charge in [0.1, 0.15) is 12.3 Å². The Kier molecular flexibility index (Phi) is 12.2. The zero-order valence-corrected chi connectivity index (χ0v) is 17.5. The van der Waals surface area contributed by atoms with Crippen LogP contribution in [0.5, 0.6) is 0 Å². The molecule has 0 saturated heterocycles. The monoisotopic (exact) mass is 448 g/mol. The zero-order valence-electron chi connectivity index (χ0n) is 17.5. The Bertz CT molecular complexity index is 798. The topological polar surface area (TPSA) is 189 Å². The Hall–Kier alpha value is -3.96. The largest absolute Gasteiger partial charge is 0.355 e.